The molecule has 0 saturated carbocycles. The Balaban J connectivity index is 1.56. The Hall–Kier alpha value is -1.71. The largest absolute Gasteiger partial charge is 0.301 e. The quantitative estimate of drug-likeness (QED) is 0.869. The average molecular weight is 307 g/mol. The second-order valence-electron chi connectivity index (χ2n) is 7.11. The number of hydrogen-bond donors (Lipinski definition) is 0. The molecule has 0 aliphatic carbocycles. The first-order valence-corrected chi connectivity index (χ1v) is 8.65. The lowest BCUT2D eigenvalue weighted by molar-refractivity contribution is 0.0916. The molecule has 2 aliphatic rings. The molecule has 3 heteroatoms. The highest BCUT2D eigenvalue weighted by Gasteiger charge is 2.49. The summed E-state index contributed by atoms with van der Waals surface area (Å²) in [6.07, 6.45) is 6.40. The van der Waals surface area contributed by atoms with Gasteiger partial charge in [-0.2, -0.15) is 0 Å². The predicted molar refractivity (Wildman–Crippen MR) is 93.3 cm³/mol. The Kier molecular flexibility index (Phi) is 3.92. The van der Waals surface area contributed by atoms with Crippen LogP contribution in [0, 0.1) is 0 Å². The fraction of sp³-hybridized carbons (Fsp3) is 0.450. The van der Waals surface area contributed by atoms with E-state index in [0.29, 0.717) is 11.5 Å². The standard InChI is InChI=1S/C20H25N3/c1-22-12-9-20(18-7-3-2-4-8-18)10-13-23(16-19(20)22)15-17-6-5-11-21-14-17/h2-8,11,14,19H,9-10,12-13,15-16H2,1H3. The average Bonchev–Trinajstić information content (AvgIpc) is 2.95. The third-order valence-electron chi connectivity index (χ3n) is 5.86. The zero-order valence-electron chi connectivity index (χ0n) is 13.9. The van der Waals surface area contributed by atoms with Gasteiger partial charge in [0.25, 0.3) is 0 Å². The Morgan fingerprint density at radius 3 is 2.70 bits per heavy atom. The summed E-state index contributed by atoms with van der Waals surface area (Å²) in [6.45, 7) is 4.55. The van der Waals surface area contributed by atoms with E-state index in [9.17, 15) is 0 Å². The Morgan fingerprint density at radius 2 is 1.91 bits per heavy atom. The molecule has 0 radical (unpaired) electrons. The van der Waals surface area contributed by atoms with Gasteiger partial charge in [-0.05, 0) is 50.2 Å². The molecule has 2 saturated heterocycles. The van der Waals surface area contributed by atoms with Gasteiger partial charge in [0.05, 0.1) is 0 Å². The van der Waals surface area contributed by atoms with Gasteiger partial charge in [-0.15, -0.1) is 0 Å². The van der Waals surface area contributed by atoms with Crippen LogP contribution in [0.3, 0.4) is 0 Å². The summed E-state index contributed by atoms with van der Waals surface area (Å²) in [5.41, 5.74) is 3.21. The normalized spacial score (nSPS) is 28.7. The second kappa shape index (κ2) is 6.06. The third kappa shape index (κ3) is 2.68. The van der Waals surface area contributed by atoms with E-state index in [4.69, 9.17) is 0 Å². The zero-order chi connectivity index (χ0) is 15.7. The third-order valence-corrected chi connectivity index (χ3v) is 5.86. The molecule has 3 nitrogen and oxygen atoms in total. The number of likely N-dealkylation sites (tertiary alicyclic amines) is 2. The Labute approximate surface area is 139 Å². The number of piperidine rings is 1. The highest BCUT2D eigenvalue weighted by atomic mass is 15.3. The number of benzene rings is 1. The molecule has 1 aromatic heterocycles. The fourth-order valence-electron chi connectivity index (χ4n) is 4.56. The lowest BCUT2D eigenvalue weighted by atomic mass is 9.69. The molecule has 23 heavy (non-hydrogen) atoms. The number of aromatic nitrogens is 1. The molecule has 2 aromatic rings. The van der Waals surface area contributed by atoms with Crippen LogP contribution in [0.15, 0.2) is 54.9 Å². The minimum absolute atomic E-state index is 0.349. The van der Waals surface area contributed by atoms with Crippen molar-refractivity contribution < 1.29 is 0 Å². The van der Waals surface area contributed by atoms with E-state index in [1.165, 1.54) is 37.1 Å². The van der Waals surface area contributed by atoms with Crippen LogP contribution in [0.25, 0.3) is 0 Å². The van der Waals surface area contributed by atoms with Crippen molar-refractivity contribution in [3.8, 4) is 0 Å². The highest BCUT2D eigenvalue weighted by molar-refractivity contribution is 5.31. The van der Waals surface area contributed by atoms with Crippen molar-refractivity contribution in [2.75, 3.05) is 26.7 Å². The maximum atomic E-state index is 4.26. The van der Waals surface area contributed by atoms with Crippen LogP contribution in [0.4, 0.5) is 0 Å². The van der Waals surface area contributed by atoms with Crippen molar-refractivity contribution in [3.05, 3.63) is 66.0 Å². The van der Waals surface area contributed by atoms with Gasteiger partial charge in [0.15, 0.2) is 0 Å². The summed E-state index contributed by atoms with van der Waals surface area (Å²) in [7, 11) is 2.29. The van der Waals surface area contributed by atoms with E-state index in [-0.39, 0.29) is 0 Å². The first-order valence-electron chi connectivity index (χ1n) is 8.65. The molecular formula is C20H25N3. The van der Waals surface area contributed by atoms with Crippen molar-refractivity contribution >= 4 is 0 Å². The van der Waals surface area contributed by atoms with Gasteiger partial charge in [-0.25, -0.2) is 0 Å². The van der Waals surface area contributed by atoms with Crippen molar-refractivity contribution in [2.45, 2.75) is 30.8 Å². The molecule has 2 aliphatic heterocycles. The lowest BCUT2D eigenvalue weighted by Crippen LogP contribution is -2.54. The maximum absolute atomic E-state index is 4.26. The van der Waals surface area contributed by atoms with Crippen LogP contribution in [0.5, 0.6) is 0 Å². The van der Waals surface area contributed by atoms with Crippen LogP contribution < -0.4 is 0 Å². The molecule has 2 atom stereocenters. The SMILES string of the molecule is CN1CCC2(c3ccccc3)CCN(Cc3cccnc3)CC12. The van der Waals surface area contributed by atoms with Gasteiger partial charge >= 0.3 is 0 Å². The van der Waals surface area contributed by atoms with Crippen LogP contribution >= 0.6 is 0 Å². The maximum Gasteiger partial charge on any atom is 0.0318 e. The summed E-state index contributed by atoms with van der Waals surface area (Å²) >= 11 is 0. The summed E-state index contributed by atoms with van der Waals surface area (Å²) < 4.78 is 0. The predicted octanol–water partition coefficient (Wildman–Crippen LogP) is 2.93. The minimum Gasteiger partial charge on any atom is -0.301 e. The Morgan fingerprint density at radius 1 is 1.09 bits per heavy atom. The molecular weight excluding hydrogens is 282 g/mol. The first kappa shape index (κ1) is 14.9. The van der Waals surface area contributed by atoms with Crippen molar-refractivity contribution in [1.29, 1.82) is 0 Å². The van der Waals surface area contributed by atoms with Crippen LogP contribution in [0.2, 0.25) is 0 Å². The van der Waals surface area contributed by atoms with Crippen molar-refractivity contribution in [1.82, 2.24) is 14.8 Å². The van der Waals surface area contributed by atoms with Gasteiger partial charge in [0.2, 0.25) is 0 Å². The topological polar surface area (TPSA) is 19.4 Å². The minimum atomic E-state index is 0.349. The zero-order valence-corrected chi connectivity index (χ0v) is 13.9. The molecule has 1 aromatic carbocycles. The molecule has 0 N–H and O–H groups in total. The lowest BCUT2D eigenvalue weighted by Gasteiger charge is -2.46. The monoisotopic (exact) mass is 307 g/mol. The molecule has 120 valence electrons. The summed E-state index contributed by atoms with van der Waals surface area (Å²) in [5.74, 6) is 0. The smallest absolute Gasteiger partial charge is 0.0318 e. The van der Waals surface area contributed by atoms with Gasteiger partial charge < -0.3 is 4.90 Å². The Bertz CT molecular complexity index is 642. The number of hydrogen-bond acceptors (Lipinski definition) is 3. The van der Waals surface area contributed by atoms with E-state index < -0.39 is 0 Å². The van der Waals surface area contributed by atoms with E-state index >= 15 is 0 Å². The highest BCUT2D eigenvalue weighted by Crippen LogP contribution is 2.45. The molecule has 2 fully saturated rings. The van der Waals surface area contributed by atoms with E-state index in [1.54, 1.807) is 0 Å². The van der Waals surface area contributed by atoms with Gasteiger partial charge in [-0.1, -0.05) is 36.4 Å². The van der Waals surface area contributed by atoms with E-state index in [1.807, 2.05) is 18.5 Å². The number of nitrogens with zero attached hydrogens (tertiary/aromatic N) is 3. The summed E-state index contributed by atoms with van der Waals surface area (Å²) in [6, 6.07) is 16.0. The van der Waals surface area contributed by atoms with Crippen LogP contribution in [0.1, 0.15) is 24.0 Å². The summed E-state index contributed by atoms with van der Waals surface area (Å²) in [4.78, 5) is 9.43. The molecule has 0 spiro atoms. The first-order chi connectivity index (χ1) is 11.3. The molecule has 2 unspecified atom stereocenters. The second-order valence-corrected chi connectivity index (χ2v) is 7.11. The van der Waals surface area contributed by atoms with Crippen LogP contribution in [-0.4, -0.2) is 47.5 Å². The number of likely N-dealkylation sites (N-methyl/N-ethyl adjacent to an activating group) is 1. The van der Waals surface area contributed by atoms with Crippen LogP contribution in [-0.2, 0) is 12.0 Å². The molecule has 3 heterocycles. The van der Waals surface area contributed by atoms with E-state index in [0.717, 1.165) is 13.1 Å². The number of fused-ring (bicyclic) bond motifs is 1. The van der Waals surface area contributed by atoms with Crippen molar-refractivity contribution in [2.24, 2.45) is 0 Å². The summed E-state index contributed by atoms with van der Waals surface area (Å²) in [5, 5.41) is 0. The number of pyridine rings is 1. The van der Waals surface area contributed by atoms with Gasteiger partial charge in [-0.3, -0.25) is 9.88 Å². The number of rotatable bonds is 3. The molecule has 0 amide bonds. The fourth-order valence-corrected chi connectivity index (χ4v) is 4.56. The van der Waals surface area contributed by atoms with Gasteiger partial charge in [0.1, 0.15) is 0 Å². The van der Waals surface area contributed by atoms with Gasteiger partial charge in [0, 0.05) is 36.9 Å². The molecule has 0 bridgehead atoms. The van der Waals surface area contributed by atoms with Crippen molar-refractivity contribution in [3.63, 3.8) is 0 Å². The van der Waals surface area contributed by atoms with E-state index in [2.05, 4.69) is 58.2 Å². The molecule has 4 rings (SSSR count).